The molecule has 0 aliphatic carbocycles. The highest BCUT2D eigenvalue weighted by Gasteiger charge is 2.17. The number of carbonyl (C=O) groups excluding carboxylic acids is 1. The molecule has 0 unspecified atom stereocenters. The minimum Gasteiger partial charge on any atom is -0.465 e. The minimum atomic E-state index is -0.310. The van der Waals surface area contributed by atoms with E-state index >= 15 is 0 Å². The Hall–Kier alpha value is -1.39. The highest BCUT2D eigenvalue weighted by molar-refractivity contribution is 5.89. The molecule has 1 atom stereocenters. The smallest absolute Gasteiger partial charge is 0.337 e. The number of piperidine rings is 1. The van der Waals surface area contributed by atoms with E-state index in [1.165, 1.54) is 7.11 Å². The monoisotopic (exact) mass is 249 g/mol. The summed E-state index contributed by atoms with van der Waals surface area (Å²) in [5.74, 6) is -0.310. The van der Waals surface area contributed by atoms with Crippen LogP contribution < -0.4 is 0 Å². The molecule has 1 aliphatic heterocycles. The van der Waals surface area contributed by atoms with E-state index in [-0.39, 0.29) is 12.1 Å². The molecule has 1 aromatic carbocycles. The second-order valence-electron chi connectivity index (χ2n) is 4.72. The van der Waals surface area contributed by atoms with Gasteiger partial charge >= 0.3 is 5.97 Å². The maximum absolute atomic E-state index is 11.4. The van der Waals surface area contributed by atoms with E-state index in [0.29, 0.717) is 12.1 Å². The van der Waals surface area contributed by atoms with Crippen molar-refractivity contribution in [3.63, 3.8) is 0 Å². The van der Waals surface area contributed by atoms with Crippen LogP contribution in [-0.2, 0) is 11.3 Å². The van der Waals surface area contributed by atoms with E-state index in [4.69, 9.17) is 4.74 Å². The van der Waals surface area contributed by atoms with Crippen molar-refractivity contribution < 1.29 is 14.6 Å². The lowest BCUT2D eigenvalue weighted by Gasteiger charge is -2.30. The Labute approximate surface area is 107 Å². The summed E-state index contributed by atoms with van der Waals surface area (Å²) in [6, 6.07) is 7.46. The van der Waals surface area contributed by atoms with Crippen LogP contribution in [0.5, 0.6) is 0 Å². The van der Waals surface area contributed by atoms with E-state index in [9.17, 15) is 9.90 Å². The second kappa shape index (κ2) is 5.98. The lowest BCUT2D eigenvalue weighted by Crippen LogP contribution is -2.37. The van der Waals surface area contributed by atoms with Crippen molar-refractivity contribution in [1.82, 2.24) is 4.90 Å². The van der Waals surface area contributed by atoms with Crippen LogP contribution >= 0.6 is 0 Å². The van der Waals surface area contributed by atoms with Crippen molar-refractivity contribution in [1.29, 1.82) is 0 Å². The fourth-order valence-corrected chi connectivity index (χ4v) is 2.35. The number of hydrogen-bond acceptors (Lipinski definition) is 4. The Morgan fingerprint density at radius 1 is 1.56 bits per heavy atom. The van der Waals surface area contributed by atoms with Crippen LogP contribution in [0.25, 0.3) is 0 Å². The third kappa shape index (κ3) is 3.31. The maximum atomic E-state index is 11.4. The number of hydrogen-bond donors (Lipinski definition) is 1. The third-order valence-electron chi connectivity index (χ3n) is 3.23. The number of esters is 1. The summed E-state index contributed by atoms with van der Waals surface area (Å²) in [6.07, 6.45) is 1.69. The van der Waals surface area contributed by atoms with Gasteiger partial charge in [-0.3, -0.25) is 4.90 Å². The van der Waals surface area contributed by atoms with E-state index in [1.807, 2.05) is 18.2 Å². The molecule has 2 rings (SSSR count). The van der Waals surface area contributed by atoms with Gasteiger partial charge in [-0.2, -0.15) is 0 Å². The largest absolute Gasteiger partial charge is 0.465 e. The van der Waals surface area contributed by atoms with Crippen LogP contribution in [0.3, 0.4) is 0 Å². The predicted octanol–water partition coefficient (Wildman–Crippen LogP) is 1.43. The van der Waals surface area contributed by atoms with Crippen molar-refractivity contribution in [3.05, 3.63) is 35.4 Å². The first kappa shape index (κ1) is 13.1. The number of benzene rings is 1. The first-order chi connectivity index (χ1) is 8.69. The van der Waals surface area contributed by atoms with Crippen molar-refractivity contribution in [2.75, 3.05) is 20.2 Å². The van der Waals surface area contributed by atoms with Crippen LogP contribution in [0.4, 0.5) is 0 Å². The van der Waals surface area contributed by atoms with Gasteiger partial charge in [0.1, 0.15) is 0 Å². The number of nitrogens with zero attached hydrogens (tertiary/aromatic N) is 1. The summed E-state index contributed by atoms with van der Waals surface area (Å²) in [5, 5.41) is 9.62. The van der Waals surface area contributed by atoms with Gasteiger partial charge in [-0.05, 0) is 37.1 Å². The molecular formula is C14H19NO3. The number of aliphatic hydroxyl groups excluding tert-OH is 1. The van der Waals surface area contributed by atoms with Gasteiger partial charge in [-0.25, -0.2) is 4.79 Å². The Morgan fingerprint density at radius 3 is 3.11 bits per heavy atom. The zero-order valence-electron chi connectivity index (χ0n) is 10.6. The number of ether oxygens (including phenoxy) is 1. The highest BCUT2D eigenvalue weighted by Crippen LogP contribution is 2.14. The first-order valence-electron chi connectivity index (χ1n) is 6.26. The number of aliphatic hydroxyl groups is 1. The van der Waals surface area contributed by atoms with Crippen LogP contribution in [0.2, 0.25) is 0 Å². The van der Waals surface area contributed by atoms with Gasteiger partial charge in [-0.15, -0.1) is 0 Å². The van der Waals surface area contributed by atoms with Crippen LogP contribution in [-0.4, -0.2) is 42.3 Å². The van der Waals surface area contributed by atoms with Crippen LogP contribution in [0, 0.1) is 0 Å². The van der Waals surface area contributed by atoms with Crippen molar-refractivity contribution in [3.8, 4) is 0 Å². The Balaban J connectivity index is 2.02. The lowest BCUT2D eigenvalue weighted by atomic mass is 10.1. The number of rotatable bonds is 3. The lowest BCUT2D eigenvalue weighted by molar-refractivity contribution is 0.0597. The molecule has 0 spiro atoms. The number of β-amino-alcohol motifs (C(OH)–C–C–N with tert-alkyl or cyclic N) is 1. The van der Waals surface area contributed by atoms with Crippen LogP contribution in [0.15, 0.2) is 24.3 Å². The summed E-state index contributed by atoms with van der Waals surface area (Å²) < 4.78 is 4.71. The van der Waals surface area contributed by atoms with E-state index in [2.05, 4.69) is 4.90 Å². The van der Waals surface area contributed by atoms with E-state index < -0.39 is 0 Å². The third-order valence-corrected chi connectivity index (χ3v) is 3.23. The van der Waals surface area contributed by atoms with Crippen molar-refractivity contribution >= 4 is 5.97 Å². The molecule has 4 nitrogen and oxygen atoms in total. The quantitative estimate of drug-likeness (QED) is 0.823. The molecule has 0 radical (unpaired) electrons. The number of likely N-dealkylation sites (tertiary alicyclic amines) is 1. The summed E-state index contributed by atoms with van der Waals surface area (Å²) in [6.45, 7) is 2.48. The van der Waals surface area contributed by atoms with Gasteiger partial charge in [0, 0.05) is 13.1 Å². The fourth-order valence-electron chi connectivity index (χ4n) is 2.35. The summed E-state index contributed by atoms with van der Waals surface area (Å²) in [5.41, 5.74) is 1.65. The summed E-state index contributed by atoms with van der Waals surface area (Å²) in [7, 11) is 1.38. The van der Waals surface area contributed by atoms with Crippen LogP contribution in [0.1, 0.15) is 28.8 Å². The fraction of sp³-hybridized carbons (Fsp3) is 0.500. The molecular weight excluding hydrogens is 230 g/mol. The van der Waals surface area contributed by atoms with Crippen molar-refractivity contribution in [2.24, 2.45) is 0 Å². The average Bonchev–Trinajstić information content (AvgIpc) is 2.38. The minimum absolute atomic E-state index is 0.220. The van der Waals surface area contributed by atoms with Gasteiger partial charge in [0.05, 0.1) is 18.8 Å². The highest BCUT2D eigenvalue weighted by atomic mass is 16.5. The van der Waals surface area contributed by atoms with Gasteiger partial charge in [-0.1, -0.05) is 12.1 Å². The molecule has 1 aliphatic rings. The first-order valence-corrected chi connectivity index (χ1v) is 6.26. The van der Waals surface area contributed by atoms with Gasteiger partial charge < -0.3 is 9.84 Å². The maximum Gasteiger partial charge on any atom is 0.337 e. The molecule has 4 heteroatoms. The van der Waals surface area contributed by atoms with Gasteiger partial charge in [0.25, 0.3) is 0 Å². The molecule has 0 aromatic heterocycles. The SMILES string of the molecule is COC(=O)c1cccc(CN2CCC[C@H](O)C2)c1. The second-order valence-corrected chi connectivity index (χ2v) is 4.72. The zero-order valence-corrected chi connectivity index (χ0v) is 10.6. The molecule has 0 bridgehead atoms. The van der Waals surface area contributed by atoms with Gasteiger partial charge in [0.2, 0.25) is 0 Å². The molecule has 18 heavy (non-hydrogen) atoms. The molecule has 1 heterocycles. The summed E-state index contributed by atoms with van der Waals surface area (Å²) >= 11 is 0. The Morgan fingerprint density at radius 2 is 2.39 bits per heavy atom. The molecule has 1 saturated heterocycles. The molecule has 0 amide bonds. The average molecular weight is 249 g/mol. The molecule has 1 aromatic rings. The van der Waals surface area contributed by atoms with Crippen molar-refractivity contribution in [2.45, 2.75) is 25.5 Å². The molecule has 0 saturated carbocycles. The molecule has 98 valence electrons. The van der Waals surface area contributed by atoms with E-state index in [1.54, 1.807) is 6.07 Å². The predicted molar refractivity (Wildman–Crippen MR) is 68.3 cm³/mol. The number of methoxy groups -OCH3 is 1. The topological polar surface area (TPSA) is 49.8 Å². The normalized spacial score (nSPS) is 20.7. The molecule has 1 N–H and O–H groups in total. The zero-order chi connectivity index (χ0) is 13.0. The Bertz CT molecular complexity index is 419. The van der Waals surface area contributed by atoms with E-state index in [0.717, 1.165) is 31.5 Å². The molecule has 1 fully saturated rings. The standard InChI is InChI=1S/C14H19NO3/c1-18-14(17)12-5-2-4-11(8-12)9-15-7-3-6-13(16)10-15/h2,4-5,8,13,16H,3,6-7,9-10H2,1H3/t13-/m0/s1. The van der Waals surface area contributed by atoms with Gasteiger partial charge in [0.15, 0.2) is 0 Å². The number of carbonyl (C=O) groups is 1. The summed E-state index contributed by atoms with van der Waals surface area (Å²) in [4.78, 5) is 13.6. The Kier molecular flexibility index (Phi) is 4.33.